The first-order chi connectivity index (χ1) is 10.2. The summed E-state index contributed by atoms with van der Waals surface area (Å²) in [4.78, 5) is 24.1. The Balaban J connectivity index is 2.17. The molecule has 122 valence electrons. The molecule has 0 heterocycles. The van der Waals surface area contributed by atoms with Crippen molar-refractivity contribution >= 4 is 19.8 Å². The molecule has 5 heteroatoms. The van der Waals surface area contributed by atoms with Crippen LogP contribution in [0.2, 0.25) is 24.7 Å². The molecule has 3 aliphatic rings. The van der Waals surface area contributed by atoms with Gasteiger partial charge in [-0.05, 0) is 30.2 Å². The summed E-state index contributed by atoms with van der Waals surface area (Å²) in [6.45, 7) is 8.86. The van der Waals surface area contributed by atoms with Crippen molar-refractivity contribution in [2.24, 2.45) is 17.3 Å². The number of esters is 1. The van der Waals surface area contributed by atoms with E-state index < -0.39 is 8.07 Å². The molecule has 0 aromatic rings. The SMILES string of the molecule is COC1=CC(=O)[C@@H]2C[C@@H]3CC[C@@]1(COC(C)=O)C32[Si](C)(C)C. The van der Waals surface area contributed by atoms with Gasteiger partial charge in [0.25, 0.3) is 0 Å². The third kappa shape index (κ3) is 1.63. The Hall–Kier alpha value is -1.10. The zero-order valence-corrected chi connectivity index (χ0v) is 15.2. The topological polar surface area (TPSA) is 52.6 Å². The quantitative estimate of drug-likeness (QED) is 0.589. The summed E-state index contributed by atoms with van der Waals surface area (Å²) in [6, 6.07) is 0. The van der Waals surface area contributed by atoms with E-state index in [9.17, 15) is 9.59 Å². The lowest BCUT2D eigenvalue weighted by Crippen LogP contribution is -2.66. The summed E-state index contributed by atoms with van der Waals surface area (Å²) in [5.74, 6) is 1.38. The molecule has 4 nitrogen and oxygen atoms in total. The lowest BCUT2D eigenvalue weighted by Gasteiger charge is -2.66. The highest BCUT2D eigenvalue weighted by Crippen LogP contribution is 2.81. The largest absolute Gasteiger partial charge is 0.500 e. The van der Waals surface area contributed by atoms with Crippen molar-refractivity contribution in [1.29, 1.82) is 0 Å². The number of hydrogen-bond acceptors (Lipinski definition) is 4. The van der Waals surface area contributed by atoms with E-state index in [-0.39, 0.29) is 28.1 Å². The monoisotopic (exact) mass is 322 g/mol. The second kappa shape index (κ2) is 4.70. The fraction of sp³-hybridized carbons (Fsp3) is 0.765. The van der Waals surface area contributed by atoms with Crippen LogP contribution in [0, 0.1) is 17.3 Å². The Morgan fingerprint density at radius 3 is 2.64 bits per heavy atom. The van der Waals surface area contributed by atoms with E-state index in [1.54, 1.807) is 13.2 Å². The summed E-state index contributed by atoms with van der Waals surface area (Å²) in [5.41, 5.74) is -0.292. The van der Waals surface area contributed by atoms with Crippen molar-refractivity contribution in [2.75, 3.05) is 13.7 Å². The van der Waals surface area contributed by atoms with Gasteiger partial charge >= 0.3 is 5.97 Å². The van der Waals surface area contributed by atoms with Crippen molar-refractivity contribution in [3.63, 3.8) is 0 Å². The van der Waals surface area contributed by atoms with Crippen LogP contribution in [0.1, 0.15) is 26.2 Å². The van der Waals surface area contributed by atoms with Crippen LogP contribution in [0.15, 0.2) is 11.8 Å². The molecular formula is C17H26O4Si. The maximum Gasteiger partial charge on any atom is 0.302 e. The van der Waals surface area contributed by atoms with Gasteiger partial charge in [-0.25, -0.2) is 0 Å². The minimum atomic E-state index is -1.70. The average molecular weight is 322 g/mol. The van der Waals surface area contributed by atoms with Crippen molar-refractivity contribution < 1.29 is 19.1 Å². The van der Waals surface area contributed by atoms with E-state index in [0.717, 1.165) is 25.0 Å². The minimum absolute atomic E-state index is 0.0212. The van der Waals surface area contributed by atoms with E-state index in [2.05, 4.69) is 19.6 Å². The second-order valence-corrected chi connectivity index (χ2v) is 13.4. The van der Waals surface area contributed by atoms with Crippen LogP contribution in [-0.2, 0) is 19.1 Å². The van der Waals surface area contributed by atoms with E-state index in [4.69, 9.17) is 9.47 Å². The fourth-order valence-corrected chi connectivity index (χ4v) is 10.7. The van der Waals surface area contributed by atoms with Crippen LogP contribution in [0.4, 0.5) is 0 Å². The van der Waals surface area contributed by atoms with Crippen molar-refractivity contribution in [3.05, 3.63) is 11.8 Å². The van der Waals surface area contributed by atoms with E-state index in [1.807, 2.05) is 0 Å². The Kier molecular flexibility index (Phi) is 3.37. The predicted octanol–water partition coefficient (Wildman–Crippen LogP) is 3.16. The van der Waals surface area contributed by atoms with E-state index in [1.165, 1.54) is 6.92 Å². The van der Waals surface area contributed by atoms with Crippen LogP contribution >= 0.6 is 0 Å². The Morgan fingerprint density at radius 2 is 2.09 bits per heavy atom. The summed E-state index contributed by atoms with van der Waals surface area (Å²) in [5, 5.41) is -0.0212. The molecule has 0 aromatic carbocycles. The summed E-state index contributed by atoms with van der Waals surface area (Å²) in [6.07, 6.45) is 4.75. The van der Waals surface area contributed by atoms with Gasteiger partial charge in [-0.15, -0.1) is 0 Å². The summed E-state index contributed by atoms with van der Waals surface area (Å²) >= 11 is 0. The molecule has 0 N–H and O–H groups in total. The Morgan fingerprint density at radius 1 is 1.41 bits per heavy atom. The first-order valence-corrected chi connectivity index (χ1v) is 11.6. The molecule has 0 amide bonds. The molecule has 0 aliphatic heterocycles. The van der Waals surface area contributed by atoms with Crippen molar-refractivity contribution in [2.45, 2.75) is 50.9 Å². The molecule has 0 aromatic heterocycles. The van der Waals surface area contributed by atoms with Gasteiger partial charge in [-0.1, -0.05) is 19.6 Å². The van der Waals surface area contributed by atoms with Crippen LogP contribution in [-0.4, -0.2) is 33.5 Å². The van der Waals surface area contributed by atoms with Gasteiger partial charge < -0.3 is 9.47 Å². The molecule has 1 unspecified atom stereocenters. The highest BCUT2D eigenvalue weighted by Gasteiger charge is 2.78. The normalized spacial score (nSPS) is 39.7. The van der Waals surface area contributed by atoms with E-state index in [0.29, 0.717) is 12.5 Å². The molecule has 0 radical (unpaired) electrons. The van der Waals surface area contributed by atoms with Gasteiger partial charge in [0.05, 0.1) is 20.6 Å². The molecule has 4 atom stereocenters. The lowest BCUT2D eigenvalue weighted by atomic mass is 9.53. The molecule has 22 heavy (non-hydrogen) atoms. The maximum atomic E-state index is 12.6. The molecular weight excluding hydrogens is 296 g/mol. The number of methoxy groups -OCH3 is 1. The molecule has 2 saturated carbocycles. The number of hydrogen-bond donors (Lipinski definition) is 0. The number of ether oxygens (including phenoxy) is 2. The van der Waals surface area contributed by atoms with Crippen LogP contribution in [0.25, 0.3) is 0 Å². The smallest absolute Gasteiger partial charge is 0.302 e. The Bertz CT molecular complexity index is 561. The van der Waals surface area contributed by atoms with E-state index >= 15 is 0 Å². The summed E-state index contributed by atoms with van der Waals surface area (Å²) in [7, 11) is -0.0600. The van der Waals surface area contributed by atoms with Crippen LogP contribution < -0.4 is 0 Å². The lowest BCUT2D eigenvalue weighted by molar-refractivity contribution is -0.149. The highest BCUT2D eigenvalue weighted by atomic mass is 28.3. The van der Waals surface area contributed by atoms with Gasteiger partial charge in [0, 0.05) is 18.9 Å². The van der Waals surface area contributed by atoms with Crippen molar-refractivity contribution in [1.82, 2.24) is 0 Å². The zero-order valence-electron chi connectivity index (χ0n) is 14.2. The number of ketones is 1. The minimum Gasteiger partial charge on any atom is -0.500 e. The van der Waals surface area contributed by atoms with Crippen LogP contribution in [0.3, 0.4) is 0 Å². The molecule has 0 saturated heterocycles. The van der Waals surface area contributed by atoms with Gasteiger partial charge in [-0.3, -0.25) is 9.59 Å². The van der Waals surface area contributed by atoms with Crippen molar-refractivity contribution in [3.8, 4) is 0 Å². The standard InChI is InChI=1S/C17H26O4Si/c1-11(18)21-10-16-7-6-12-8-13(14(19)9-15(16)20-2)17(12,16)22(3,4)5/h9,12-13H,6-8,10H2,1-5H3/t12-,13-,16-,17?/m0/s1. The van der Waals surface area contributed by atoms with Gasteiger partial charge in [0.2, 0.25) is 0 Å². The number of rotatable bonds is 4. The number of allylic oxidation sites excluding steroid dienone is 1. The second-order valence-electron chi connectivity index (χ2n) is 8.12. The van der Waals surface area contributed by atoms with Gasteiger partial charge in [0.15, 0.2) is 5.78 Å². The molecule has 3 rings (SSSR count). The number of carbonyl (C=O) groups excluding carboxylic acids is 2. The molecule has 0 bridgehead atoms. The Labute approximate surface area is 133 Å². The predicted molar refractivity (Wildman–Crippen MR) is 86.0 cm³/mol. The number of carbonyl (C=O) groups is 2. The molecule has 3 aliphatic carbocycles. The first kappa shape index (κ1) is 15.8. The first-order valence-electron chi connectivity index (χ1n) is 8.14. The average Bonchev–Trinajstić information content (AvgIpc) is 2.66. The fourth-order valence-electron chi connectivity index (χ4n) is 6.11. The molecule has 0 spiro atoms. The highest BCUT2D eigenvalue weighted by molar-refractivity contribution is 6.80. The van der Waals surface area contributed by atoms with Gasteiger partial charge in [0.1, 0.15) is 12.4 Å². The molecule has 2 fully saturated rings. The third-order valence-corrected chi connectivity index (χ3v) is 10.2. The third-order valence-electron chi connectivity index (χ3n) is 6.50. The summed E-state index contributed by atoms with van der Waals surface area (Å²) < 4.78 is 11.2. The zero-order chi connectivity index (χ0) is 16.3. The van der Waals surface area contributed by atoms with Gasteiger partial charge in [-0.2, -0.15) is 0 Å². The van der Waals surface area contributed by atoms with Crippen LogP contribution in [0.5, 0.6) is 0 Å². The maximum absolute atomic E-state index is 12.6.